The monoisotopic (exact) mass is 197 g/mol. The molecule has 2 aliphatic heterocycles. The molecule has 2 amide bonds. The Morgan fingerprint density at radius 3 is 2.57 bits per heavy atom. The fourth-order valence-electron chi connectivity index (χ4n) is 2.05. The predicted octanol–water partition coefficient (Wildman–Crippen LogP) is -1.22. The van der Waals surface area contributed by atoms with Gasteiger partial charge in [0.1, 0.15) is 6.04 Å². The van der Waals surface area contributed by atoms with Crippen molar-refractivity contribution >= 4 is 11.8 Å². The molecular formula is C9H15N3O2. The Hall–Kier alpha value is -1.10. The lowest BCUT2D eigenvalue weighted by molar-refractivity contribution is -0.150. The SMILES string of the molecule is CN1CC(N2CC(N)C2=O)CCC1=O. The molecule has 2 saturated heterocycles. The molecule has 0 aliphatic carbocycles. The number of hydrogen-bond donors (Lipinski definition) is 1. The fourth-order valence-corrected chi connectivity index (χ4v) is 2.05. The smallest absolute Gasteiger partial charge is 0.241 e. The first-order valence-electron chi connectivity index (χ1n) is 4.89. The van der Waals surface area contributed by atoms with Crippen molar-refractivity contribution in [1.82, 2.24) is 9.80 Å². The van der Waals surface area contributed by atoms with Crippen molar-refractivity contribution in [3.05, 3.63) is 0 Å². The zero-order chi connectivity index (χ0) is 10.3. The van der Waals surface area contributed by atoms with Crippen LogP contribution in [0.2, 0.25) is 0 Å². The molecule has 0 spiro atoms. The molecule has 0 aromatic heterocycles. The van der Waals surface area contributed by atoms with Gasteiger partial charge in [-0.15, -0.1) is 0 Å². The van der Waals surface area contributed by atoms with Crippen LogP contribution in [0.5, 0.6) is 0 Å². The summed E-state index contributed by atoms with van der Waals surface area (Å²) >= 11 is 0. The average Bonchev–Trinajstić information content (AvgIpc) is 2.18. The Balaban J connectivity index is 1.94. The fraction of sp³-hybridized carbons (Fsp3) is 0.778. The molecule has 2 atom stereocenters. The molecule has 14 heavy (non-hydrogen) atoms. The third-order valence-electron chi connectivity index (χ3n) is 3.04. The summed E-state index contributed by atoms with van der Waals surface area (Å²) in [6.45, 7) is 1.29. The van der Waals surface area contributed by atoms with Crippen LogP contribution in [0.25, 0.3) is 0 Å². The highest BCUT2D eigenvalue weighted by Gasteiger charge is 2.40. The third-order valence-corrected chi connectivity index (χ3v) is 3.04. The van der Waals surface area contributed by atoms with Crippen LogP contribution in [0.4, 0.5) is 0 Å². The molecule has 2 unspecified atom stereocenters. The van der Waals surface area contributed by atoms with Crippen LogP contribution in [0.1, 0.15) is 12.8 Å². The van der Waals surface area contributed by atoms with Gasteiger partial charge in [0.15, 0.2) is 0 Å². The van der Waals surface area contributed by atoms with E-state index < -0.39 is 0 Å². The number of rotatable bonds is 1. The van der Waals surface area contributed by atoms with Gasteiger partial charge in [0.2, 0.25) is 11.8 Å². The first kappa shape index (κ1) is 9.45. The van der Waals surface area contributed by atoms with Gasteiger partial charge in [0.25, 0.3) is 0 Å². The number of carbonyl (C=O) groups is 2. The summed E-state index contributed by atoms with van der Waals surface area (Å²) in [7, 11) is 1.78. The van der Waals surface area contributed by atoms with Crippen LogP contribution in [0, 0.1) is 0 Å². The standard InChI is InChI=1S/C9H15N3O2/c1-11-4-6(2-3-8(11)13)12-5-7(10)9(12)14/h6-7H,2-5,10H2,1H3. The summed E-state index contributed by atoms with van der Waals surface area (Å²) < 4.78 is 0. The normalized spacial score (nSPS) is 33.3. The molecule has 0 radical (unpaired) electrons. The van der Waals surface area contributed by atoms with Crippen molar-refractivity contribution in [2.45, 2.75) is 24.9 Å². The Morgan fingerprint density at radius 1 is 1.36 bits per heavy atom. The van der Waals surface area contributed by atoms with E-state index in [1.165, 1.54) is 0 Å². The Kier molecular flexibility index (Phi) is 2.19. The summed E-state index contributed by atoms with van der Waals surface area (Å²) in [5.74, 6) is 0.191. The van der Waals surface area contributed by atoms with Gasteiger partial charge in [-0.25, -0.2) is 0 Å². The van der Waals surface area contributed by atoms with Gasteiger partial charge >= 0.3 is 0 Å². The third kappa shape index (κ3) is 1.37. The first-order valence-corrected chi connectivity index (χ1v) is 4.89. The van der Waals surface area contributed by atoms with E-state index in [1.807, 2.05) is 0 Å². The van der Waals surface area contributed by atoms with Gasteiger partial charge < -0.3 is 15.5 Å². The van der Waals surface area contributed by atoms with Gasteiger partial charge in [-0.3, -0.25) is 9.59 Å². The van der Waals surface area contributed by atoms with Crippen molar-refractivity contribution < 1.29 is 9.59 Å². The summed E-state index contributed by atoms with van der Waals surface area (Å²) in [4.78, 5) is 26.0. The highest BCUT2D eigenvalue weighted by molar-refractivity contribution is 5.88. The van der Waals surface area contributed by atoms with E-state index in [1.54, 1.807) is 16.8 Å². The van der Waals surface area contributed by atoms with E-state index in [9.17, 15) is 9.59 Å². The van der Waals surface area contributed by atoms with Gasteiger partial charge in [-0.05, 0) is 6.42 Å². The van der Waals surface area contributed by atoms with Crippen LogP contribution in [0.3, 0.4) is 0 Å². The molecule has 2 fully saturated rings. The van der Waals surface area contributed by atoms with E-state index in [0.717, 1.165) is 6.42 Å². The molecular weight excluding hydrogens is 182 g/mol. The van der Waals surface area contributed by atoms with E-state index in [2.05, 4.69) is 0 Å². The number of likely N-dealkylation sites (tertiary alicyclic amines) is 2. The van der Waals surface area contributed by atoms with Crippen molar-refractivity contribution in [1.29, 1.82) is 0 Å². The Morgan fingerprint density at radius 2 is 2.07 bits per heavy atom. The maximum absolute atomic E-state index is 11.3. The number of nitrogens with zero attached hydrogens (tertiary/aromatic N) is 2. The summed E-state index contributed by atoms with van der Waals surface area (Å²) in [6.07, 6.45) is 1.32. The second kappa shape index (κ2) is 3.24. The molecule has 0 bridgehead atoms. The summed E-state index contributed by atoms with van der Waals surface area (Å²) in [5.41, 5.74) is 5.51. The van der Waals surface area contributed by atoms with E-state index in [-0.39, 0.29) is 23.9 Å². The minimum atomic E-state index is -0.307. The zero-order valence-corrected chi connectivity index (χ0v) is 8.27. The number of likely N-dealkylation sites (N-methyl/N-ethyl adjacent to an activating group) is 1. The second-order valence-corrected chi connectivity index (χ2v) is 4.06. The highest BCUT2D eigenvalue weighted by atomic mass is 16.2. The molecule has 2 aliphatic rings. The minimum absolute atomic E-state index is 0.0257. The number of hydrogen-bond acceptors (Lipinski definition) is 3. The van der Waals surface area contributed by atoms with Crippen LogP contribution in [-0.4, -0.2) is 53.8 Å². The number of β-lactam (4-membered cyclic amide) rings is 1. The highest BCUT2D eigenvalue weighted by Crippen LogP contribution is 2.21. The maximum Gasteiger partial charge on any atom is 0.241 e. The van der Waals surface area contributed by atoms with E-state index in [0.29, 0.717) is 19.5 Å². The summed E-state index contributed by atoms with van der Waals surface area (Å²) in [5, 5.41) is 0. The number of amides is 2. The van der Waals surface area contributed by atoms with Gasteiger partial charge in [-0.2, -0.15) is 0 Å². The molecule has 0 aromatic carbocycles. The van der Waals surface area contributed by atoms with Crippen LogP contribution < -0.4 is 5.73 Å². The molecule has 0 aromatic rings. The summed E-state index contributed by atoms with van der Waals surface area (Å²) in [6, 6.07) is -0.122. The molecule has 5 heteroatoms. The lowest BCUT2D eigenvalue weighted by Gasteiger charge is -2.45. The Bertz CT molecular complexity index is 279. The maximum atomic E-state index is 11.3. The quantitative estimate of drug-likeness (QED) is 0.536. The molecule has 2 heterocycles. The van der Waals surface area contributed by atoms with Crippen LogP contribution >= 0.6 is 0 Å². The second-order valence-electron chi connectivity index (χ2n) is 4.06. The van der Waals surface area contributed by atoms with Crippen LogP contribution in [-0.2, 0) is 9.59 Å². The predicted molar refractivity (Wildman–Crippen MR) is 50.3 cm³/mol. The molecule has 0 saturated carbocycles. The average molecular weight is 197 g/mol. The first-order chi connectivity index (χ1) is 6.59. The topological polar surface area (TPSA) is 66.6 Å². The van der Waals surface area contributed by atoms with Crippen LogP contribution in [0.15, 0.2) is 0 Å². The van der Waals surface area contributed by atoms with Crippen molar-refractivity contribution in [2.24, 2.45) is 5.73 Å². The minimum Gasteiger partial charge on any atom is -0.344 e. The molecule has 2 rings (SSSR count). The van der Waals surface area contributed by atoms with Gasteiger partial charge in [0, 0.05) is 32.6 Å². The zero-order valence-electron chi connectivity index (χ0n) is 8.27. The van der Waals surface area contributed by atoms with Crippen molar-refractivity contribution in [3.8, 4) is 0 Å². The molecule has 78 valence electrons. The Labute approximate surface area is 82.8 Å². The number of piperidine rings is 1. The molecule has 2 N–H and O–H groups in total. The van der Waals surface area contributed by atoms with E-state index in [4.69, 9.17) is 5.73 Å². The van der Waals surface area contributed by atoms with Crippen molar-refractivity contribution in [3.63, 3.8) is 0 Å². The van der Waals surface area contributed by atoms with Crippen molar-refractivity contribution in [2.75, 3.05) is 20.1 Å². The molecule has 5 nitrogen and oxygen atoms in total. The largest absolute Gasteiger partial charge is 0.344 e. The lowest BCUT2D eigenvalue weighted by atomic mass is 9.98. The number of carbonyl (C=O) groups excluding carboxylic acids is 2. The van der Waals surface area contributed by atoms with Gasteiger partial charge in [0.05, 0.1) is 0 Å². The van der Waals surface area contributed by atoms with E-state index >= 15 is 0 Å². The lowest BCUT2D eigenvalue weighted by Crippen LogP contribution is -2.66. The number of nitrogens with two attached hydrogens (primary N) is 1. The van der Waals surface area contributed by atoms with Gasteiger partial charge in [-0.1, -0.05) is 0 Å².